The molecule has 0 saturated carbocycles. The van der Waals surface area contributed by atoms with Crippen LogP contribution in [0.25, 0.3) is 11.1 Å². The van der Waals surface area contributed by atoms with Crippen molar-refractivity contribution in [1.82, 2.24) is 0 Å². The van der Waals surface area contributed by atoms with E-state index in [1.807, 2.05) is 0 Å². The highest BCUT2D eigenvalue weighted by Gasteiger charge is 2.38. The van der Waals surface area contributed by atoms with Crippen molar-refractivity contribution in [3.63, 3.8) is 0 Å². The summed E-state index contributed by atoms with van der Waals surface area (Å²) in [5, 5.41) is 0. The molecule has 2 nitrogen and oxygen atoms in total. The van der Waals surface area contributed by atoms with Crippen LogP contribution >= 0.6 is 0 Å². The Morgan fingerprint density at radius 3 is 2.38 bits per heavy atom. The van der Waals surface area contributed by atoms with Crippen molar-refractivity contribution in [2.45, 2.75) is 12.1 Å². The Hall–Kier alpha value is -2.30. The maximum Gasteiger partial charge on any atom is 0.416 e. The monoisotopic (exact) mass is 292 g/mol. The molecular formula is C16H11F3O2. The molecule has 0 spiro atoms. The number of esters is 1. The average Bonchev–Trinajstić information content (AvgIpc) is 2.79. The van der Waals surface area contributed by atoms with E-state index in [2.05, 4.69) is 0 Å². The molecule has 108 valence electrons. The molecule has 1 aliphatic rings. The molecule has 1 unspecified atom stereocenters. The van der Waals surface area contributed by atoms with E-state index in [9.17, 15) is 18.0 Å². The van der Waals surface area contributed by atoms with E-state index in [1.54, 1.807) is 24.3 Å². The summed E-state index contributed by atoms with van der Waals surface area (Å²) in [5.41, 5.74) is 1.69. The molecule has 2 aromatic carbocycles. The summed E-state index contributed by atoms with van der Waals surface area (Å²) in [6, 6.07) is 10.6. The molecule has 1 aliphatic carbocycles. The third-order valence-corrected chi connectivity index (χ3v) is 3.69. The number of methoxy groups -OCH3 is 1. The van der Waals surface area contributed by atoms with Gasteiger partial charge < -0.3 is 4.74 Å². The lowest BCUT2D eigenvalue weighted by Crippen LogP contribution is -2.14. The van der Waals surface area contributed by atoms with Crippen LogP contribution in [-0.2, 0) is 15.7 Å². The number of ether oxygens (including phenoxy) is 1. The van der Waals surface area contributed by atoms with Crippen molar-refractivity contribution in [3.8, 4) is 11.1 Å². The number of carbonyl (C=O) groups is 1. The Balaban J connectivity index is 2.23. The largest absolute Gasteiger partial charge is 0.468 e. The van der Waals surface area contributed by atoms with Gasteiger partial charge in [0.1, 0.15) is 5.92 Å². The Bertz CT molecular complexity index is 720. The number of hydrogen-bond acceptors (Lipinski definition) is 2. The van der Waals surface area contributed by atoms with Crippen LogP contribution in [0.15, 0.2) is 42.5 Å². The Kier molecular flexibility index (Phi) is 3.01. The van der Waals surface area contributed by atoms with Crippen LogP contribution in [0.4, 0.5) is 13.2 Å². The highest BCUT2D eigenvalue weighted by molar-refractivity contribution is 5.93. The third kappa shape index (κ3) is 2.09. The molecule has 0 amide bonds. The van der Waals surface area contributed by atoms with Gasteiger partial charge in [-0.1, -0.05) is 30.3 Å². The molecule has 0 N–H and O–H groups in total. The van der Waals surface area contributed by atoms with Crippen molar-refractivity contribution in [3.05, 3.63) is 59.2 Å². The number of alkyl halides is 3. The number of halogens is 3. The first-order valence-electron chi connectivity index (χ1n) is 6.31. The van der Waals surface area contributed by atoms with E-state index < -0.39 is 23.6 Å². The molecule has 0 saturated heterocycles. The highest BCUT2D eigenvalue weighted by Crippen LogP contribution is 2.46. The van der Waals surface area contributed by atoms with Crippen molar-refractivity contribution in [2.24, 2.45) is 0 Å². The van der Waals surface area contributed by atoms with Crippen LogP contribution < -0.4 is 0 Å². The van der Waals surface area contributed by atoms with Crippen LogP contribution in [0, 0.1) is 0 Å². The van der Waals surface area contributed by atoms with E-state index in [1.165, 1.54) is 13.2 Å². The summed E-state index contributed by atoms with van der Waals surface area (Å²) in [6.45, 7) is 0. The van der Waals surface area contributed by atoms with Crippen LogP contribution in [-0.4, -0.2) is 13.1 Å². The third-order valence-electron chi connectivity index (χ3n) is 3.69. The molecule has 0 aliphatic heterocycles. The molecule has 0 fully saturated rings. The van der Waals surface area contributed by atoms with E-state index in [4.69, 9.17) is 4.74 Å². The zero-order valence-corrected chi connectivity index (χ0v) is 11.1. The number of carbonyl (C=O) groups excluding carboxylic acids is 1. The lowest BCUT2D eigenvalue weighted by Gasteiger charge is -2.13. The zero-order chi connectivity index (χ0) is 15.2. The minimum absolute atomic E-state index is 0.345. The SMILES string of the molecule is COC(=O)C1c2ccccc2-c2ccc(C(F)(F)F)cc21. The summed E-state index contributed by atoms with van der Waals surface area (Å²) in [4.78, 5) is 12.0. The van der Waals surface area contributed by atoms with E-state index in [-0.39, 0.29) is 0 Å². The summed E-state index contributed by atoms with van der Waals surface area (Å²) in [5.74, 6) is -1.36. The van der Waals surface area contributed by atoms with E-state index in [0.29, 0.717) is 16.7 Å². The van der Waals surface area contributed by atoms with Crippen LogP contribution in [0.1, 0.15) is 22.6 Å². The van der Waals surface area contributed by atoms with Gasteiger partial charge in [0.05, 0.1) is 12.7 Å². The molecule has 21 heavy (non-hydrogen) atoms. The topological polar surface area (TPSA) is 26.3 Å². The first-order chi connectivity index (χ1) is 9.93. The highest BCUT2D eigenvalue weighted by atomic mass is 19.4. The fourth-order valence-corrected chi connectivity index (χ4v) is 2.76. The zero-order valence-electron chi connectivity index (χ0n) is 11.1. The minimum atomic E-state index is -4.44. The Morgan fingerprint density at radius 2 is 1.71 bits per heavy atom. The summed E-state index contributed by atoms with van der Waals surface area (Å²) in [6.07, 6.45) is -4.44. The predicted octanol–water partition coefficient (Wildman–Crippen LogP) is 3.99. The molecule has 5 heteroatoms. The van der Waals surface area contributed by atoms with Gasteiger partial charge in [-0.15, -0.1) is 0 Å². The van der Waals surface area contributed by atoms with E-state index in [0.717, 1.165) is 17.7 Å². The summed E-state index contributed by atoms with van der Waals surface area (Å²) < 4.78 is 43.4. The molecular weight excluding hydrogens is 281 g/mol. The molecule has 0 bridgehead atoms. The van der Waals surface area contributed by atoms with Gasteiger partial charge in [-0.05, 0) is 34.4 Å². The van der Waals surface area contributed by atoms with E-state index >= 15 is 0 Å². The standard InChI is InChI=1S/C16H11F3O2/c1-21-15(20)14-12-5-3-2-4-10(12)11-7-6-9(8-13(11)14)16(17,18)19/h2-8,14H,1H3. The fraction of sp³-hybridized carbons (Fsp3) is 0.188. The fourth-order valence-electron chi connectivity index (χ4n) is 2.76. The molecule has 2 aromatic rings. The smallest absolute Gasteiger partial charge is 0.416 e. The first-order valence-corrected chi connectivity index (χ1v) is 6.31. The second-order valence-electron chi connectivity index (χ2n) is 4.84. The van der Waals surface area contributed by atoms with Gasteiger partial charge >= 0.3 is 12.1 Å². The van der Waals surface area contributed by atoms with Gasteiger partial charge in [0.15, 0.2) is 0 Å². The molecule has 0 radical (unpaired) electrons. The molecule has 0 heterocycles. The van der Waals surface area contributed by atoms with Crippen LogP contribution in [0.3, 0.4) is 0 Å². The Morgan fingerprint density at radius 1 is 1.05 bits per heavy atom. The number of hydrogen-bond donors (Lipinski definition) is 0. The normalized spacial score (nSPS) is 16.3. The van der Waals surface area contributed by atoms with Gasteiger partial charge in [-0.2, -0.15) is 13.2 Å². The maximum atomic E-state index is 12.9. The van der Waals surface area contributed by atoms with Crippen LogP contribution in [0.5, 0.6) is 0 Å². The van der Waals surface area contributed by atoms with Crippen molar-refractivity contribution >= 4 is 5.97 Å². The minimum Gasteiger partial charge on any atom is -0.468 e. The number of rotatable bonds is 1. The molecule has 1 atom stereocenters. The number of fused-ring (bicyclic) bond motifs is 3. The lowest BCUT2D eigenvalue weighted by atomic mass is 9.96. The van der Waals surface area contributed by atoms with Gasteiger partial charge in [0, 0.05) is 0 Å². The summed E-state index contributed by atoms with van der Waals surface area (Å²) >= 11 is 0. The average molecular weight is 292 g/mol. The van der Waals surface area contributed by atoms with Gasteiger partial charge in [0.25, 0.3) is 0 Å². The predicted molar refractivity (Wildman–Crippen MR) is 70.7 cm³/mol. The van der Waals surface area contributed by atoms with Crippen molar-refractivity contribution in [2.75, 3.05) is 7.11 Å². The molecule has 3 rings (SSSR count). The van der Waals surface area contributed by atoms with Gasteiger partial charge in [0.2, 0.25) is 0 Å². The summed E-state index contributed by atoms with van der Waals surface area (Å²) in [7, 11) is 1.23. The van der Waals surface area contributed by atoms with Crippen molar-refractivity contribution < 1.29 is 22.7 Å². The van der Waals surface area contributed by atoms with Gasteiger partial charge in [-0.25, -0.2) is 0 Å². The van der Waals surface area contributed by atoms with Gasteiger partial charge in [-0.3, -0.25) is 4.79 Å². The molecule has 0 aromatic heterocycles. The second-order valence-corrected chi connectivity index (χ2v) is 4.84. The lowest BCUT2D eigenvalue weighted by molar-refractivity contribution is -0.142. The maximum absolute atomic E-state index is 12.9. The van der Waals surface area contributed by atoms with Crippen molar-refractivity contribution in [1.29, 1.82) is 0 Å². The number of benzene rings is 2. The first kappa shape index (κ1) is 13.7. The quantitative estimate of drug-likeness (QED) is 0.743. The second kappa shape index (κ2) is 4.62. The van der Waals surface area contributed by atoms with Crippen LogP contribution in [0.2, 0.25) is 0 Å². The Labute approximate surface area is 119 Å².